The highest BCUT2D eigenvalue weighted by molar-refractivity contribution is 7.89. The second-order valence-corrected chi connectivity index (χ2v) is 8.83. The Balaban J connectivity index is 1.79. The van der Waals surface area contributed by atoms with E-state index in [4.69, 9.17) is 14.2 Å². The molecule has 8 nitrogen and oxygen atoms in total. The van der Waals surface area contributed by atoms with Crippen LogP contribution in [0.15, 0.2) is 23.1 Å². The normalized spacial score (nSPS) is 21.2. The van der Waals surface area contributed by atoms with Gasteiger partial charge in [-0.05, 0) is 25.0 Å². The fraction of sp³-hybridized carbons (Fsp3) is 0.611. The number of nitrogens with one attached hydrogen (secondary N) is 1. The number of rotatable bonds is 5. The van der Waals surface area contributed by atoms with E-state index in [0.717, 1.165) is 0 Å². The summed E-state index contributed by atoms with van der Waals surface area (Å²) in [5, 5.41) is 0. The molecule has 150 valence electrons. The highest BCUT2D eigenvalue weighted by atomic mass is 32.2. The first kappa shape index (κ1) is 19.9. The average Bonchev–Trinajstić information content (AvgIpc) is 2.65. The molecule has 2 aliphatic heterocycles. The van der Waals surface area contributed by atoms with Gasteiger partial charge >= 0.3 is 0 Å². The number of carbonyl (C=O) groups excluding carboxylic acids is 1. The molecule has 1 fully saturated rings. The first-order chi connectivity index (χ1) is 12.8. The second kappa shape index (κ2) is 8.04. The molecule has 0 radical (unpaired) electrons. The van der Waals surface area contributed by atoms with E-state index >= 15 is 0 Å². The molecule has 3 rings (SSSR count). The maximum atomic E-state index is 12.9. The fourth-order valence-corrected chi connectivity index (χ4v) is 4.47. The van der Waals surface area contributed by atoms with Crippen LogP contribution in [0.4, 0.5) is 0 Å². The Labute approximate surface area is 159 Å². The van der Waals surface area contributed by atoms with Gasteiger partial charge in [-0.15, -0.1) is 0 Å². The van der Waals surface area contributed by atoms with Gasteiger partial charge in [-0.3, -0.25) is 4.79 Å². The minimum Gasteiger partial charge on any atom is -0.486 e. The fourth-order valence-electron chi connectivity index (χ4n) is 3.11. The van der Waals surface area contributed by atoms with E-state index in [-0.39, 0.29) is 22.8 Å². The van der Waals surface area contributed by atoms with Crippen LogP contribution in [0.25, 0.3) is 0 Å². The van der Waals surface area contributed by atoms with Crippen molar-refractivity contribution in [2.24, 2.45) is 5.92 Å². The molecule has 2 heterocycles. The number of ether oxygens (including phenoxy) is 3. The molecule has 0 saturated carbocycles. The summed E-state index contributed by atoms with van der Waals surface area (Å²) in [7, 11) is -3.90. The first-order valence-corrected chi connectivity index (χ1v) is 10.6. The van der Waals surface area contributed by atoms with Gasteiger partial charge in [0, 0.05) is 19.2 Å². The minimum absolute atomic E-state index is 0.0422. The molecule has 0 aliphatic carbocycles. The molecule has 0 spiro atoms. The van der Waals surface area contributed by atoms with E-state index in [2.05, 4.69) is 4.72 Å². The van der Waals surface area contributed by atoms with Crippen molar-refractivity contribution in [3.63, 3.8) is 0 Å². The molecule has 0 bridgehead atoms. The van der Waals surface area contributed by atoms with Crippen molar-refractivity contribution in [3.8, 4) is 11.5 Å². The third-order valence-corrected chi connectivity index (χ3v) is 6.03. The maximum Gasteiger partial charge on any atom is 0.241 e. The summed E-state index contributed by atoms with van der Waals surface area (Å²) >= 11 is 0. The van der Waals surface area contributed by atoms with Gasteiger partial charge in [0.15, 0.2) is 11.5 Å². The van der Waals surface area contributed by atoms with E-state index in [9.17, 15) is 13.2 Å². The van der Waals surface area contributed by atoms with Crippen LogP contribution in [0, 0.1) is 5.92 Å². The largest absolute Gasteiger partial charge is 0.486 e. The van der Waals surface area contributed by atoms with Crippen LogP contribution in [0.2, 0.25) is 0 Å². The predicted molar refractivity (Wildman–Crippen MR) is 98.4 cm³/mol. The topological polar surface area (TPSA) is 94.2 Å². The van der Waals surface area contributed by atoms with Crippen molar-refractivity contribution in [2.75, 3.05) is 32.9 Å². The summed E-state index contributed by atoms with van der Waals surface area (Å²) < 4.78 is 44.7. The zero-order chi connectivity index (χ0) is 19.6. The summed E-state index contributed by atoms with van der Waals surface area (Å²) in [6.45, 7) is 7.69. The van der Waals surface area contributed by atoms with E-state index in [0.29, 0.717) is 44.4 Å². The Morgan fingerprint density at radius 3 is 2.56 bits per heavy atom. The van der Waals surface area contributed by atoms with Gasteiger partial charge < -0.3 is 19.1 Å². The van der Waals surface area contributed by atoms with Crippen LogP contribution in [0.1, 0.15) is 20.8 Å². The first-order valence-electron chi connectivity index (χ1n) is 9.10. The lowest BCUT2D eigenvalue weighted by Gasteiger charge is -2.34. The molecule has 9 heteroatoms. The molecule has 1 aromatic rings. The van der Waals surface area contributed by atoms with Gasteiger partial charge in [-0.2, -0.15) is 4.72 Å². The van der Waals surface area contributed by atoms with Crippen molar-refractivity contribution in [3.05, 3.63) is 18.2 Å². The molecule has 1 N–H and O–H groups in total. The molecule has 1 amide bonds. The van der Waals surface area contributed by atoms with Crippen molar-refractivity contribution >= 4 is 15.9 Å². The number of morpholine rings is 1. The van der Waals surface area contributed by atoms with E-state index in [1.165, 1.54) is 12.1 Å². The number of fused-ring (bicyclic) bond motifs is 1. The van der Waals surface area contributed by atoms with Crippen LogP contribution in [-0.2, 0) is 19.6 Å². The van der Waals surface area contributed by atoms with Gasteiger partial charge in [0.2, 0.25) is 15.9 Å². The highest BCUT2D eigenvalue weighted by Gasteiger charge is 2.33. The zero-order valence-corrected chi connectivity index (χ0v) is 16.6. The monoisotopic (exact) mass is 398 g/mol. The summed E-state index contributed by atoms with van der Waals surface area (Å²) in [4.78, 5) is 14.6. The van der Waals surface area contributed by atoms with Crippen LogP contribution < -0.4 is 14.2 Å². The number of hydrogen-bond acceptors (Lipinski definition) is 6. The number of benzene rings is 1. The Bertz CT molecular complexity index is 795. The Kier molecular flexibility index (Phi) is 5.92. The van der Waals surface area contributed by atoms with E-state index in [1.807, 2.05) is 20.8 Å². The van der Waals surface area contributed by atoms with Gasteiger partial charge in [-0.1, -0.05) is 13.8 Å². The Hall–Kier alpha value is -1.84. The van der Waals surface area contributed by atoms with Gasteiger partial charge in [0.1, 0.15) is 19.3 Å². The Morgan fingerprint density at radius 1 is 1.19 bits per heavy atom. The average molecular weight is 398 g/mol. The van der Waals surface area contributed by atoms with Crippen LogP contribution in [0.5, 0.6) is 11.5 Å². The summed E-state index contributed by atoms with van der Waals surface area (Å²) in [6, 6.07) is 3.59. The summed E-state index contributed by atoms with van der Waals surface area (Å²) in [5.41, 5.74) is 0. The van der Waals surface area contributed by atoms with Crippen LogP contribution in [0.3, 0.4) is 0 Å². The van der Waals surface area contributed by atoms with E-state index < -0.39 is 16.1 Å². The maximum absolute atomic E-state index is 12.9. The second-order valence-electron chi connectivity index (χ2n) is 7.11. The molecular formula is C18H26N2O6S. The van der Waals surface area contributed by atoms with Crippen LogP contribution >= 0.6 is 0 Å². The number of sulfonamides is 1. The number of carbonyl (C=O) groups is 1. The molecule has 2 aliphatic rings. The van der Waals surface area contributed by atoms with Gasteiger partial charge in [-0.25, -0.2) is 8.42 Å². The third-order valence-electron chi connectivity index (χ3n) is 4.59. The molecule has 0 unspecified atom stereocenters. The number of nitrogens with zero attached hydrogens (tertiary/aromatic N) is 1. The minimum atomic E-state index is -3.90. The number of hydrogen-bond donors (Lipinski definition) is 1. The van der Waals surface area contributed by atoms with Gasteiger partial charge in [0.05, 0.1) is 17.6 Å². The van der Waals surface area contributed by atoms with Crippen molar-refractivity contribution in [2.45, 2.75) is 37.8 Å². The molecule has 1 saturated heterocycles. The summed E-state index contributed by atoms with van der Waals surface area (Å²) in [6.07, 6.45) is -0.0649. The molecule has 1 aromatic carbocycles. The SMILES string of the molecule is CC(C)[C@@H](NS(=O)(=O)c1ccc2c(c1)OCCO2)C(=O)N1CCO[C@@H](C)C1. The summed E-state index contributed by atoms with van der Waals surface area (Å²) in [5.74, 6) is 0.460. The van der Waals surface area contributed by atoms with Gasteiger partial charge in [0.25, 0.3) is 0 Å². The molecule has 27 heavy (non-hydrogen) atoms. The Morgan fingerprint density at radius 2 is 1.89 bits per heavy atom. The lowest BCUT2D eigenvalue weighted by atomic mass is 10.0. The smallest absolute Gasteiger partial charge is 0.241 e. The van der Waals surface area contributed by atoms with Crippen molar-refractivity contribution in [1.29, 1.82) is 0 Å². The molecule has 2 atom stereocenters. The zero-order valence-electron chi connectivity index (χ0n) is 15.8. The van der Waals surface area contributed by atoms with Crippen LogP contribution in [-0.4, -0.2) is 64.3 Å². The third kappa shape index (κ3) is 4.53. The quantitative estimate of drug-likeness (QED) is 0.796. The predicted octanol–water partition coefficient (Wildman–Crippen LogP) is 1.01. The standard InChI is InChI=1S/C18H26N2O6S/c1-12(2)17(18(21)20-6-7-24-13(3)11-20)19-27(22,23)14-4-5-15-16(10-14)26-9-8-25-15/h4-5,10,12-13,17,19H,6-9,11H2,1-3H3/t13-,17+/m0/s1. The highest BCUT2D eigenvalue weighted by Crippen LogP contribution is 2.32. The lowest BCUT2D eigenvalue weighted by Crippen LogP contribution is -2.55. The number of amides is 1. The molecule has 0 aromatic heterocycles. The van der Waals surface area contributed by atoms with Crippen molar-refractivity contribution in [1.82, 2.24) is 9.62 Å². The lowest BCUT2D eigenvalue weighted by molar-refractivity contribution is -0.141. The van der Waals surface area contributed by atoms with E-state index in [1.54, 1.807) is 11.0 Å². The van der Waals surface area contributed by atoms with Crippen molar-refractivity contribution < 1.29 is 27.4 Å². The molecular weight excluding hydrogens is 372 g/mol.